The van der Waals surface area contributed by atoms with Gasteiger partial charge in [-0.15, -0.1) is 0 Å². The second-order valence-electron chi connectivity index (χ2n) is 5.40. The predicted octanol–water partition coefficient (Wildman–Crippen LogP) is 3.02. The van der Waals surface area contributed by atoms with Gasteiger partial charge in [0.05, 0.1) is 11.3 Å². The summed E-state index contributed by atoms with van der Waals surface area (Å²) >= 11 is 1.94. The van der Waals surface area contributed by atoms with E-state index in [-0.39, 0.29) is 6.04 Å². The molecule has 1 aromatic heterocycles. The quantitative estimate of drug-likeness (QED) is 0.920. The normalized spacial score (nSPS) is 25.6. The molecule has 1 unspecified atom stereocenters. The molecule has 1 aromatic carbocycles. The molecular formula is C15H17N3OS. The molecule has 1 saturated heterocycles. The lowest BCUT2D eigenvalue weighted by Gasteiger charge is -2.23. The second-order valence-corrected chi connectivity index (χ2v) is 6.71. The van der Waals surface area contributed by atoms with Crippen LogP contribution in [0.4, 0.5) is 0 Å². The Bertz CT molecular complexity index is 607. The maximum atomic E-state index is 5.49. The monoisotopic (exact) mass is 287 g/mol. The second kappa shape index (κ2) is 5.22. The van der Waals surface area contributed by atoms with Gasteiger partial charge in [0.15, 0.2) is 5.82 Å². The third-order valence-electron chi connectivity index (χ3n) is 4.05. The molecule has 20 heavy (non-hydrogen) atoms. The largest absolute Gasteiger partial charge is 0.338 e. The first kappa shape index (κ1) is 12.4. The fourth-order valence-electron chi connectivity index (χ4n) is 2.93. The summed E-state index contributed by atoms with van der Waals surface area (Å²) < 4.78 is 5.49. The van der Waals surface area contributed by atoms with Crippen LogP contribution >= 0.6 is 11.8 Å². The Hall–Kier alpha value is -1.33. The predicted molar refractivity (Wildman–Crippen MR) is 78.5 cm³/mol. The molecule has 2 aliphatic heterocycles. The molecule has 0 spiro atoms. The minimum absolute atomic E-state index is 0.151. The van der Waals surface area contributed by atoms with Gasteiger partial charge in [0.25, 0.3) is 0 Å². The van der Waals surface area contributed by atoms with E-state index >= 15 is 0 Å². The molecule has 5 heteroatoms. The standard InChI is InChI=1S/C15H17N3OS/c1-2-5-11-9-16-12(8-10(11)4-1)15-17-14(18-19-15)13-6-3-7-20-13/h1-2,4-5,12-13,16H,3,6-9H2/t12-,13?/m0/s1. The highest BCUT2D eigenvalue weighted by Crippen LogP contribution is 2.38. The van der Waals surface area contributed by atoms with E-state index < -0.39 is 0 Å². The number of nitrogens with one attached hydrogen (secondary N) is 1. The van der Waals surface area contributed by atoms with Crippen LogP contribution in [0, 0.1) is 0 Å². The van der Waals surface area contributed by atoms with Crippen LogP contribution in [-0.4, -0.2) is 15.9 Å². The summed E-state index contributed by atoms with van der Waals surface area (Å²) in [6.45, 7) is 0.872. The van der Waals surface area contributed by atoms with Crippen LogP contribution in [0.25, 0.3) is 0 Å². The van der Waals surface area contributed by atoms with Crippen LogP contribution < -0.4 is 5.32 Å². The van der Waals surface area contributed by atoms with Crippen LogP contribution in [0.15, 0.2) is 28.8 Å². The lowest BCUT2D eigenvalue weighted by molar-refractivity contribution is 0.318. The SMILES string of the molecule is c1ccc2c(c1)CN[C@H](c1nc(C3CCCS3)no1)C2. The third-order valence-corrected chi connectivity index (χ3v) is 5.43. The Morgan fingerprint density at radius 3 is 3.00 bits per heavy atom. The summed E-state index contributed by atoms with van der Waals surface area (Å²) in [5.74, 6) is 2.83. The molecule has 2 aromatic rings. The van der Waals surface area contributed by atoms with E-state index in [0.29, 0.717) is 5.25 Å². The Balaban J connectivity index is 1.54. The maximum absolute atomic E-state index is 5.49. The molecule has 0 saturated carbocycles. The van der Waals surface area contributed by atoms with Crippen molar-refractivity contribution in [2.75, 3.05) is 5.75 Å². The van der Waals surface area contributed by atoms with Gasteiger partial charge >= 0.3 is 0 Å². The molecule has 3 heterocycles. The number of thioether (sulfide) groups is 1. The van der Waals surface area contributed by atoms with Crippen molar-refractivity contribution in [3.05, 3.63) is 47.1 Å². The highest BCUT2D eigenvalue weighted by atomic mass is 32.2. The van der Waals surface area contributed by atoms with Gasteiger partial charge in [-0.1, -0.05) is 29.4 Å². The van der Waals surface area contributed by atoms with Crippen molar-refractivity contribution in [2.45, 2.75) is 37.1 Å². The number of hydrogen-bond acceptors (Lipinski definition) is 5. The summed E-state index contributed by atoms with van der Waals surface area (Å²) in [5, 5.41) is 8.11. The van der Waals surface area contributed by atoms with Gasteiger partial charge in [-0.25, -0.2) is 0 Å². The topological polar surface area (TPSA) is 51.0 Å². The van der Waals surface area contributed by atoms with Crippen LogP contribution in [0.5, 0.6) is 0 Å². The molecule has 0 bridgehead atoms. The Morgan fingerprint density at radius 1 is 1.25 bits per heavy atom. The fourth-order valence-corrected chi connectivity index (χ4v) is 4.13. The Morgan fingerprint density at radius 2 is 2.15 bits per heavy atom. The van der Waals surface area contributed by atoms with Crippen LogP contribution in [0.3, 0.4) is 0 Å². The van der Waals surface area contributed by atoms with Crippen molar-refractivity contribution in [3.63, 3.8) is 0 Å². The number of benzene rings is 1. The van der Waals surface area contributed by atoms with Gasteiger partial charge in [0, 0.05) is 6.54 Å². The molecule has 0 aliphatic carbocycles. The molecule has 104 valence electrons. The van der Waals surface area contributed by atoms with Gasteiger partial charge in [-0.2, -0.15) is 16.7 Å². The highest BCUT2D eigenvalue weighted by Gasteiger charge is 2.27. The van der Waals surface area contributed by atoms with E-state index in [1.54, 1.807) is 0 Å². The van der Waals surface area contributed by atoms with Gasteiger partial charge < -0.3 is 9.84 Å². The molecule has 1 N–H and O–H groups in total. The molecule has 4 rings (SSSR count). The zero-order valence-corrected chi connectivity index (χ0v) is 12.0. The maximum Gasteiger partial charge on any atom is 0.244 e. The van der Waals surface area contributed by atoms with Gasteiger partial charge in [-0.05, 0) is 36.1 Å². The number of aromatic nitrogens is 2. The molecule has 0 radical (unpaired) electrons. The lowest BCUT2D eigenvalue weighted by atomic mass is 9.96. The third kappa shape index (κ3) is 2.25. The van der Waals surface area contributed by atoms with Crippen molar-refractivity contribution in [2.24, 2.45) is 0 Å². The summed E-state index contributed by atoms with van der Waals surface area (Å²) in [5.41, 5.74) is 2.75. The lowest BCUT2D eigenvalue weighted by Crippen LogP contribution is -2.28. The molecule has 1 fully saturated rings. The Labute approximate surface area is 122 Å². The first-order chi connectivity index (χ1) is 9.90. The molecule has 2 atom stereocenters. The van der Waals surface area contributed by atoms with Crippen molar-refractivity contribution in [1.29, 1.82) is 0 Å². The van der Waals surface area contributed by atoms with Gasteiger partial charge in [-0.3, -0.25) is 0 Å². The zero-order valence-electron chi connectivity index (χ0n) is 11.2. The minimum atomic E-state index is 0.151. The van der Waals surface area contributed by atoms with E-state index in [2.05, 4.69) is 39.7 Å². The molecular weight excluding hydrogens is 270 g/mol. The average Bonchev–Trinajstić information content (AvgIpc) is 3.17. The van der Waals surface area contributed by atoms with Crippen LogP contribution in [-0.2, 0) is 13.0 Å². The summed E-state index contributed by atoms with van der Waals surface area (Å²) in [6, 6.07) is 8.69. The highest BCUT2D eigenvalue weighted by molar-refractivity contribution is 7.99. The summed E-state index contributed by atoms with van der Waals surface area (Å²) in [7, 11) is 0. The van der Waals surface area contributed by atoms with E-state index in [1.165, 1.54) is 29.7 Å². The van der Waals surface area contributed by atoms with Gasteiger partial charge in [0.1, 0.15) is 0 Å². The van der Waals surface area contributed by atoms with Crippen LogP contribution in [0.2, 0.25) is 0 Å². The molecule has 0 amide bonds. The van der Waals surface area contributed by atoms with Crippen molar-refractivity contribution in [1.82, 2.24) is 15.5 Å². The number of nitrogens with zero attached hydrogens (tertiary/aromatic N) is 2. The van der Waals surface area contributed by atoms with E-state index in [9.17, 15) is 0 Å². The van der Waals surface area contributed by atoms with Gasteiger partial charge in [0.2, 0.25) is 5.89 Å². The summed E-state index contributed by atoms with van der Waals surface area (Å²) in [6.07, 6.45) is 3.36. The van der Waals surface area contributed by atoms with Crippen molar-refractivity contribution in [3.8, 4) is 0 Å². The molecule has 4 nitrogen and oxygen atoms in total. The van der Waals surface area contributed by atoms with Crippen molar-refractivity contribution >= 4 is 11.8 Å². The molecule has 2 aliphatic rings. The Kier molecular flexibility index (Phi) is 3.24. The van der Waals surface area contributed by atoms with Crippen LogP contribution in [0.1, 0.15) is 47.0 Å². The van der Waals surface area contributed by atoms with Crippen molar-refractivity contribution < 1.29 is 4.52 Å². The fraction of sp³-hybridized carbons (Fsp3) is 0.467. The van der Waals surface area contributed by atoms with E-state index in [1.807, 2.05) is 11.8 Å². The first-order valence-electron chi connectivity index (χ1n) is 7.15. The number of hydrogen-bond donors (Lipinski definition) is 1. The van der Waals surface area contributed by atoms with E-state index in [0.717, 1.165) is 24.7 Å². The van der Waals surface area contributed by atoms with E-state index in [4.69, 9.17) is 4.52 Å². The number of fused-ring (bicyclic) bond motifs is 1. The smallest absolute Gasteiger partial charge is 0.244 e. The first-order valence-corrected chi connectivity index (χ1v) is 8.20. The minimum Gasteiger partial charge on any atom is -0.338 e. The zero-order chi connectivity index (χ0) is 13.4. The average molecular weight is 287 g/mol. The number of rotatable bonds is 2. The summed E-state index contributed by atoms with van der Waals surface area (Å²) in [4.78, 5) is 4.63.